The van der Waals surface area contributed by atoms with Crippen LogP contribution in [0.1, 0.15) is 62.0 Å². The standard InChI is InChI=1S/C17H23N3O/c1-17(2,3)14(18)16-19-15(20-21-16)13-9-8-11-6-4-5-7-12(11)10-13/h4-7,13-14H,8-10,18H2,1-3H3/t13?,14-/m0/s1. The first kappa shape index (κ1) is 14.3. The van der Waals surface area contributed by atoms with E-state index in [2.05, 4.69) is 55.2 Å². The maximum atomic E-state index is 6.20. The Morgan fingerprint density at radius 1 is 1.24 bits per heavy atom. The molecule has 0 amide bonds. The third-order valence-corrected chi connectivity index (χ3v) is 4.37. The third-order valence-electron chi connectivity index (χ3n) is 4.37. The molecule has 1 heterocycles. The van der Waals surface area contributed by atoms with Crippen LogP contribution in [-0.2, 0) is 12.8 Å². The Kier molecular flexibility index (Phi) is 3.57. The summed E-state index contributed by atoms with van der Waals surface area (Å²) >= 11 is 0. The van der Waals surface area contributed by atoms with Gasteiger partial charge in [0.25, 0.3) is 0 Å². The number of aryl methyl sites for hydroxylation is 1. The predicted molar refractivity (Wildman–Crippen MR) is 81.9 cm³/mol. The molecule has 1 aliphatic carbocycles. The lowest BCUT2D eigenvalue weighted by Gasteiger charge is -2.23. The first-order chi connectivity index (χ1) is 9.95. The van der Waals surface area contributed by atoms with Crippen molar-refractivity contribution in [3.05, 3.63) is 47.1 Å². The summed E-state index contributed by atoms with van der Waals surface area (Å²) in [6.45, 7) is 6.25. The highest BCUT2D eigenvalue weighted by atomic mass is 16.5. The van der Waals surface area contributed by atoms with Gasteiger partial charge in [-0.3, -0.25) is 0 Å². The van der Waals surface area contributed by atoms with Crippen molar-refractivity contribution in [1.82, 2.24) is 10.1 Å². The normalized spacial score (nSPS) is 20.1. The molecule has 2 N–H and O–H groups in total. The molecule has 4 heteroatoms. The number of aromatic nitrogens is 2. The SMILES string of the molecule is CC(C)(C)[C@@H](N)c1nc(C2CCc3ccccc3C2)no1. The van der Waals surface area contributed by atoms with Crippen molar-refractivity contribution in [2.75, 3.05) is 0 Å². The number of hydrogen-bond donors (Lipinski definition) is 1. The smallest absolute Gasteiger partial charge is 0.244 e. The van der Waals surface area contributed by atoms with E-state index in [1.54, 1.807) is 0 Å². The van der Waals surface area contributed by atoms with Crippen molar-refractivity contribution in [3.8, 4) is 0 Å². The molecule has 0 fully saturated rings. The Labute approximate surface area is 125 Å². The Morgan fingerprint density at radius 2 is 1.95 bits per heavy atom. The Hall–Kier alpha value is -1.68. The summed E-state index contributed by atoms with van der Waals surface area (Å²) in [5, 5.41) is 4.18. The molecule has 4 nitrogen and oxygen atoms in total. The lowest BCUT2D eigenvalue weighted by molar-refractivity contribution is 0.252. The fraction of sp³-hybridized carbons (Fsp3) is 0.529. The van der Waals surface area contributed by atoms with E-state index in [1.165, 1.54) is 11.1 Å². The summed E-state index contributed by atoms with van der Waals surface area (Å²) in [5.41, 5.74) is 8.97. The van der Waals surface area contributed by atoms with Crippen LogP contribution in [0.5, 0.6) is 0 Å². The minimum Gasteiger partial charge on any atom is -0.338 e. The molecule has 1 aromatic heterocycles. The van der Waals surface area contributed by atoms with Gasteiger partial charge < -0.3 is 10.3 Å². The van der Waals surface area contributed by atoms with Crippen molar-refractivity contribution >= 4 is 0 Å². The first-order valence-electron chi connectivity index (χ1n) is 7.61. The number of benzene rings is 1. The zero-order valence-corrected chi connectivity index (χ0v) is 13.0. The van der Waals surface area contributed by atoms with Crippen molar-refractivity contribution in [2.45, 2.75) is 52.0 Å². The van der Waals surface area contributed by atoms with Crippen LogP contribution < -0.4 is 5.73 Å². The average molecular weight is 285 g/mol. The first-order valence-corrected chi connectivity index (χ1v) is 7.61. The minimum absolute atomic E-state index is 0.0804. The monoisotopic (exact) mass is 285 g/mol. The number of fused-ring (bicyclic) bond motifs is 1. The Balaban J connectivity index is 1.79. The molecule has 0 bridgehead atoms. The lowest BCUT2D eigenvalue weighted by Crippen LogP contribution is -2.26. The molecule has 21 heavy (non-hydrogen) atoms. The molecule has 0 radical (unpaired) electrons. The highest BCUT2D eigenvalue weighted by Gasteiger charge is 2.30. The van der Waals surface area contributed by atoms with Gasteiger partial charge in [0.15, 0.2) is 5.82 Å². The van der Waals surface area contributed by atoms with Gasteiger partial charge in [0, 0.05) is 5.92 Å². The van der Waals surface area contributed by atoms with E-state index in [0.717, 1.165) is 25.1 Å². The number of nitrogens with two attached hydrogens (primary N) is 1. The van der Waals surface area contributed by atoms with Gasteiger partial charge in [-0.1, -0.05) is 50.2 Å². The number of rotatable bonds is 2. The second-order valence-corrected chi connectivity index (χ2v) is 7.04. The van der Waals surface area contributed by atoms with Crippen LogP contribution in [0.4, 0.5) is 0 Å². The molecule has 1 aromatic carbocycles. The van der Waals surface area contributed by atoms with Gasteiger partial charge in [-0.25, -0.2) is 0 Å². The summed E-state index contributed by atoms with van der Waals surface area (Å²) in [6.07, 6.45) is 3.14. The summed E-state index contributed by atoms with van der Waals surface area (Å²) in [5.74, 6) is 1.69. The van der Waals surface area contributed by atoms with Gasteiger partial charge in [0.05, 0.1) is 6.04 Å². The van der Waals surface area contributed by atoms with E-state index in [0.29, 0.717) is 11.8 Å². The second-order valence-electron chi connectivity index (χ2n) is 7.04. The molecule has 1 aliphatic rings. The fourth-order valence-corrected chi connectivity index (χ4v) is 2.83. The fourth-order valence-electron chi connectivity index (χ4n) is 2.83. The summed E-state index contributed by atoms with van der Waals surface area (Å²) in [4.78, 5) is 4.57. The van der Waals surface area contributed by atoms with Crippen molar-refractivity contribution in [3.63, 3.8) is 0 Å². The van der Waals surface area contributed by atoms with Gasteiger partial charge in [-0.2, -0.15) is 4.98 Å². The van der Waals surface area contributed by atoms with Crippen molar-refractivity contribution in [1.29, 1.82) is 0 Å². The van der Waals surface area contributed by atoms with Crippen molar-refractivity contribution < 1.29 is 4.52 Å². The van der Waals surface area contributed by atoms with Gasteiger partial charge in [0.1, 0.15) is 0 Å². The maximum Gasteiger partial charge on any atom is 0.244 e. The predicted octanol–water partition coefficient (Wildman–Crippen LogP) is 3.39. The van der Waals surface area contributed by atoms with Crippen LogP contribution >= 0.6 is 0 Å². The van der Waals surface area contributed by atoms with Crippen LogP contribution in [0, 0.1) is 5.41 Å². The van der Waals surface area contributed by atoms with Crippen LogP contribution in [0.3, 0.4) is 0 Å². The lowest BCUT2D eigenvalue weighted by atomic mass is 9.83. The number of hydrogen-bond acceptors (Lipinski definition) is 4. The highest BCUT2D eigenvalue weighted by molar-refractivity contribution is 5.31. The van der Waals surface area contributed by atoms with Crippen LogP contribution in [0.2, 0.25) is 0 Å². The van der Waals surface area contributed by atoms with Gasteiger partial charge in [0.2, 0.25) is 5.89 Å². The van der Waals surface area contributed by atoms with Crippen LogP contribution in [0.25, 0.3) is 0 Å². The average Bonchev–Trinajstić information content (AvgIpc) is 2.94. The maximum absolute atomic E-state index is 6.20. The largest absolute Gasteiger partial charge is 0.338 e. The zero-order chi connectivity index (χ0) is 15.0. The van der Waals surface area contributed by atoms with Crippen molar-refractivity contribution in [2.24, 2.45) is 11.1 Å². The molecular weight excluding hydrogens is 262 g/mol. The van der Waals surface area contributed by atoms with Crippen LogP contribution in [-0.4, -0.2) is 10.1 Å². The van der Waals surface area contributed by atoms with E-state index in [-0.39, 0.29) is 11.5 Å². The van der Waals surface area contributed by atoms with E-state index in [1.807, 2.05) is 0 Å². The molecular formula is C17H23N3O. The molecule has 0 saturated heterocycles. The Bertz CT molecular complexity index is 627. The van der Waals surface area contributed by atoms with Crippen LogP contribution in [0.15, 0.2) is 28.8 Å². The highest BCUT2D eigenvalue weighted by Crippen LogP contribution is 2.33. The molecule has 0 spiro atoms. The van der Waals surface area contributed by atoms with E-state index >= 15 is 0 Å². The van der Waals surface area contributed by atoms with Gasteiger partial charge in [-0.05, 0) is 35.8 Å². The molecule has 112 valence electrons. The third kappa shape index (κ3) is 2.86. The van der Waals surface area contributed by atoms with E-state index in [4.69, 9.17) is 10.3 Å². The molecule has 2 atom stereocenters. The topological polar surface area (TPSA) is 64.9 Å². The van der Waals surface area contributed by atoms with Gasteiger partial charge in [-0.15, -0.1) is 0 Å². The summed E-state index contributed by atoms with van der Waals surface area (Å²) < 4.78 is 5.41. The summed E-state index contributed by atoms with van der Waals surface area (Å²) in [6, 6.07) is 8.38. The zero-order valence-electron chi connectivity index (χ0n) is 13.0. The van der Waals surface area contributed by atoms with E-state index < -0.39 is 0 Å². The minimum atomic E-state index is -0.227. The Morgan fingerprint density at radius 3 is 2.67 bits per heavy atom. The molecule has 0 aliphatic heterocycles. The quantitative estimate of drug-likeness (QED) is 0.918. The number of nitrogens with zero attached hydrogens (tertiary/aromatic N) is 2. The molecule has 2 aromatic rings. The molecule has 1 unspecified atom stereocenters. The second kappa shape index (κ2) is 5.26. The summed E-state index contributed by atoms with van der Waals surface area (Å²) in [7, 11) is 0. The molecule has 0 saturated carbocycles. The van der Waals surface area contributed by atoms with Gasteiger partial charge >= 0.3 is 0 Å². The molecule has 3 rings (SSSR count). The van der Waals surface area contributed by atoms with E-state index in [9.17, 15) is 0 Å².